The summed E-state index contributed by atoms with van der Waals surface area (Å²) in [7, 11) is 2.11. The Bertz CT molecular complexity index is 355. The fourth-order valence-corrected chi connectivity index (χ4v) is 1.80. The van der Waals surface area contributed by atoms with Crippen LogP contribution in [0.3, 0.4) is 0 Å². The summed E-state index contributed by atoms with van der Waals surface area (Å²) in [5, 5.41) is 3.41. The second kappa shape index (κ2) is 6.62. The third-order valence-electron chi connectivity index (χ3n) is 2.73. The zero-order valence-electron chi connectivity index (χ0n) is 12.5. The van der Waals surface area contributed by atoms with Gasteiger partial charge in [-0.05, 0) is 39.3 Å². The van der Waals surface area contributed by atoms with Crippen molar-refractivity contribution in [1.29, 1.82) is 0 Å². The number of rotatable bonds is 6. The highest BCUT2D eigenvalue weighted by atomic mass is 15.2. The molecule has 0 atom stereocenters. The van der Waals surface area contributed by atoms with Gasteiger partial charge in [0.15, 0.2) is 0 Å². The number of nitrogens with zero attached hydrogens (tertiary/aromatic N) is 2. The van der Waals surface area contributed by atoms with E-state index in [-0.39, 0.29) is 5.54 Å². The fourth-order valence-electron chi connectivity index (χ4n) is 1.80. The van der Waals surface area contributed by atoms with Crippen LogP contribution in [0.2, 0.25) is 0 Å². The molecule has 0 radical (unpaired) electrons. The number of pyridine rings is 1. The molecule has 0 saturated carbocycles. The van der Waals surface area contributed by atoms with E-state index < -0.39 is 0 Å². The highest BCUT2D eigenvalue weighted by Crippen LogP contribution is 2.17. The van der Waals surface area contributed by atoms with Gasteiger partial charge in [-0.3, -0.25) is 0 Å². The van der Waals surface area contributed by atoms with Crippen LogP contribution in [0.15, 0.2) is 18.2 Å². The van der Waals surface area contributed by atoms with Crippen molar-refractivity contribution in [3.63, 3.8) is 0 Å². The van der Waals surface area contributed by atoms with Crippen molar-refractivity contribution >= 4 is 11.6 Å². The molecule has 0 spiro atoms. The van der Waals surface area contributed by atoms with E-state index >= 15 is 0 Å². The van der Waals surface area contributed by atoms with Gasteiger partial charge in [-0.15, -0.1) is 0 Å². The van der Waals surface area contributed by atoms with Crippen LogP contribution >= 0.6 is 0 Å². The number of hydrogen-bond acceptors (Lipinski definition) is 3. The van der Waals surface area contributed by atoms with E-state index in [2.05, 4.69) is 62.1 Å². The number of hydrogen-bond donors (Lipinski definition) is 1. The summed E-state index contributed by atoms with van der Waals surface area (Å²) >= 11 is 0. The summed E-state index contributed by atoms with van der Waals surface area (Å²) in [5.74, 6) is 1.99. The minimum atomic E-state index is 0.0480. The number of nitrogens with one attached hydrogen (secondary N) is 1. The van der Waals surface area contributed by atoms with Crippen molar-refractivity contribution in [1.82, 2.24) is 4.98 Å². The Hall–Kier alpha value is -1.25. The third kappa shape index (κ3) is 5.39. The van der Waals surface area contributed by atoms with Crippen molar-refractivity contribution in [2.45, 2.75) is 52.5 Å². The predicted molar refractivity (Wildman–Crippen MR) is 80.4 cm³/mol. The molecule has 0 fully saturated rings. The van der Waals surface area contributed by atoms with E-state index in [0.717, 1.165) is 18.2 Å². The van der Waals surface area contributed by atoms with Gasteiger partial charge in [0.1, 0.15) is 11.6 Å². The summed E-state index contributed by atoms with van der Waals surface area (Å²) in [4.78, 5) is 6.88. The van der Waals surface area contributed by atoms with Gasteiger partial charge in [0.05, 0.1) is 0 Å². The van der Waals surface area contributed by atoms with Crippen LogP contribution in [0.25, 0.3) is 0 Å². The molecule has 1 aromatic rings. The van der Waals surface area contributed by atoms with Gasteiger partial charge in [0.2, 0.25) is 0 Å². The van der Waals surface area contributed by atoms with Gasteiger partial charge in [0.25, 0.3) is 0 Å². The van der Waals surface area contributed by atoms with Gasteiger partial charge in [-0.2, -0.15) is 0 Å². The first-order chi connectivity index (χ1) is 8.42. The summed E-state index contributed by atoms with van der Waals surface area (Å²) in [6, 6.07) is 6.15. The summed E-state index contributed by atoms with van der Waals surface area (Å²) < 4.78 is 0. The molecule has 18 heavy (non-hydrogen) atoms. The summed E-state index contributed by atoms with van der Waals surface area (Å²) in [5.41, 5.74) is 0.0480. The lowest BCUT2D eigenvalue weighted by Gasteiger charge is -2.23. The van der Waals surface area contributed by atoms with Gasteiger partial charge in [-0.1, -0.05) is 25.8 Å². The molecule has 1 heterocycles. The first-order valence-electron chi connectivity index (χ1n) is 6.89. The van der Waals surface area contributed by atoms with Crippen molar-refractivity contribution < 1.29 is 0 Å². The topological polar surface area (TPSA) is 28.2 Å². The van der Waals surface area contributed by atoms with Crippen LogP contribution in [0.4, 0.5) is 11.6 Å². The van der Waals surface area contributed by atoms with E-state index in [1.54, 1.807) is 0 Å². The third-order valence-corrected chi connectivity index (χ3v) is 2.73. The maximum Gasteiger partial charge on any atom is 0.130 e. The van der Waals surface area contributed by atoms with Gasteiger partial charge >= 0.3 is 0 Å². The lowest BCUT2D eigenvalue weighted by Crippen LogP contribution is -2.27. The Labute approximate surface area is 112 Å². The lowest BCUT2D eigenvalue weighted by atomic mass is 10.1. The van der Waals surface area contributed by atoms with Crippen LogP contribution in [-0.4, -0.2) is 24.1 Å². The molecule has 0 saturated heterocycles. The lowest BCUT2D eigenvalue weighted by molar-refractivity contribution is 0.630. The first-order valence-corrected chi connectivity index (χ1v) is 6.89. The monoisotopic (exact) mass is 249 g/mol. The fraction of sp³-hybridized carbons (Fsp3) is 0.667. The average molecular weight is 249 g/mol. The molecule has 3 nitrogen and oxygen atoms in total. The zero-order chi connectivity index (χ0) is 13.6. The van der Waals surface area contributed by atoms with E-state index in [1.807, 2.05) is 6.07 Å². The maximum atomic E-state index is 4.65. The predicted octanol–water partition coefficient (Wildman–Crippen LogP) is 3.92. The molecule has 0 aliphatic heterocycles. The SMILES string of the molecule is CCCCCN(C)c1cccc(NC(C)(C)C)n1. The van der Waals surface area contributed by atoms with Crippen LogP contribution in [-0.2, 0) is 0 Å². The van der Waals surface area contributed by atoms with Crippen molar-refractivity contribution in [3.05, 3.63) is 18.2 Å². The van der Waals surface area contributed by atoms with E-state index in [4.69, 9.17) is 0 Å². The van der Waals surface area contributed by atoms with Gasteiger partial charge in [0, 0.05) is 19.1 Å². The van der Waals surface area contributed by atoms with Crippen LogP contribution < -0.4 is 10.2 Å². The minimum absolute atomic E-state index is 0.0480. The average Bonchev–Trinajstić information content (AvgIpc) is 2.27. The molecule has 0 aliphatic rings. The Kier molecular flexibility index (Phi) is 5.45. The largest absolute Gasteiger partial charge is 0.365 e. The Morgan fingerprint density at radius 3 is 2.56 bits per heavy atom. The molecule has 0 aliphatic carbocycles. The molecule has 102 valence electrons. The molecule has 1 aromatic heterocycles. The second-order valence-corrected chi connectivity index (χ2v) is 5.88. The Balaban J connectivity index is 2.63. The molecule has 3 heteroatoms. The molecule has 0 aromatic carbocycles. The Morgan fingerprint density at radius 1 is 1.22 bits per heavy atom. The van der Waals surface area contributed by atoms with Crippen LogP contribution in [0, 0.1) is 0 Å². The van der Waals surface area contributed by atoms with Crippen LogP contribution in [0.1, 0.15) is 47.0 Å². The van der Waals surface area contributed by atoms with Crippen molar-refractivity contribution in [3.8, 4) is 0 Å². The molecular formula is C15H27N3. The highest BCUT2D eigenvalue weighted by Gasteiger charge is 2.11. The standard InChI is InChI=1S/C15H27N3/c1-6-7-8-12-18(5)14-11-9-10-13(16-14)17-15(2,3)4/h9-11H,6-8,12H2,1-5H3,(H,16,17). The molecule has 0 amide bonds. The van der Waals surface area contributed by atoms with Gasteiger partial charge in [-0.25, -0.2) is 4.98 Å². The maximum absolute atomic E-state index is 4.65. The van der Waals surface area contributed by atoms with E-state index in [9.17, 15) is 0 Å². The van der Waals surface area contributed by atoms with Crippen molar-refractivity contribution in [2.24, 2.45) is 0 Å². The normalized spacial score (nSPS) is 11.4. The van der Waals surface area contributed by atoms with Gasteiger partial charge < -0.3 is 10.2 Å². The first kappa shape index (κ1) is 14.8. The van der Waals surface area contributed by atoms with E-state index in [1.165, 1.54) is 19.3 Å². The van der Waals surface area contributed by atoms with Crippen LogP contribution in [0.5, 0.6) is 0 Å². The molecule has 0 bridgehead atoms. The molecular weight excluding hydrogens is 222 g/mol. The highest BCUT2D eigenvalue weighted by molar-refractivity contribution is 5.47. The zero-order valence-corrected chi connectivity index (χ0v) is 12.5. The molecule has 0 unspecified atom stereocenters. The number of aromatic nitrogens is 1. The second-order valence-electron chi connectivity index (χ2n) is 5.88. The quantitative estimate of drug-likeness (QED) is 0.775. The van der Waals surface area contributed by atoms with Crippen molar-refractivity contribution in [2.75, 3.05) is 23.8 Å². The number of unbranched alkanes of at least 4 members (excludes halogenated alkanes) is 2. The molecule has 1 rings (SSSR count). The molecule has 1 N–H and O–H groups in total. The Morgan fingerprint density at radius 2 is 1.94 bits per heavy atom. The van der Waals surface area contributed by atoms with E-state index in [0.29, 0.717) is 0 Å². The summed E-state index contributed by atoms with van der Waals surface area (Å²) in [6.07, 6.45) is 3.77. The smallest absolute Gasteiger partial charge is 0.130 e. The summed E-state index contributed by atoms with van der Waals surface area (Å²) in [6.45, 7) is 9.73. The minimum Gasteiger partial charge on any atom is -0.365 e. The number of anilines is 2.